The number of carbonyl (C=O) groups excluding carboxylic acids is 1. The fourth-order valence-corrected chi connectivity index (χ4v) is 5.51. The van der Waals surface area contributed by atoms with E-state index in [-0.39, 0.29) is 11.3 Å². The third-order valence-corrected chi connectivity index (χ3v) is 7.86. The second-order valence-corrected chi connectivity index (χ2v) is 10.5. The molecule has 1 saturated heterocycles. The van der Waals surface area contributed by atoms with E-state index < -0.39 is 17.6 Å². The van der Waals surface area contributed by atoms with Gasteiger partial charge in [-0.2, -0.15) is 13.2 Å². The number of pyridine rings is 1. The molecule has 41 heavy (non-hydrogen) atoms. The van der Waals surface area contributed by atoms with Crippen LogP contribution in [-0.4, -0.2) is 51.4 Å². The third kappa shape index (κ3) is 6.36. The van der Waals surface area contributed by atoms with Crippen molar-refractivity contribution in [3.05, 3.63) is 77.5 Å². The summed E-state index contributed by atoms with van der Waals surface area (Å²) in [6.07, 6.45) is -4.60. The summed E-state index contributed by atoms with van der Waals surface area (Å²) >= 11 is 1.51. The van der Waals surface area contributed by atoms with Crippen LogP contribution < -0.4 is 19.7 Å². The van der Waals surface area contributed by atoms with E-state index in [4.69, 9.17) is 19.2 Å². The predicted molar refractivity (Wildman–Crippen MR) is 153 cm³/mol. The molecule has 1 aliphatic rings. The number of benzene rings is 3. The van der Waals surface area contributed by atoms with Gasteiger partial charge in [0.2, 0.25) is 0 Å². The Hall–Kier alpha value is -3.96. The Morgan fingerprint density at radius 2 is 1.66 bits per heavy atom. The number of halogens is 3. The Morgan fingerprint density at radius 1 is 0.976 bits per heavy atom. The lowest BCUT2D eigenvalue weighted by atomic mass is 10.1. The SMILES string of the molecule is COc1cc2cc(Sc3ccc(NC(=O)c4ccc(N5CCOCC5)c(C(F)(F)F)c4)cc3)c(C)nc2cc1OC. The first-order valence-electron chi connectivity index (χ1n) is 12.8. The van der Waals surface area contributed by atoms with E-state index in [1.54, 1.807) is 31.3 Å². The molecule has 5 rings (SSSR count). The fraction of sp³-hybridized carbons (Fsp3) is 0.267. The molecule has 0 radical (unpaired) electrons. The fourth-order valence-electron chi connectivity index (χ4n) is 4.60. The van der Waals surface area contributed by atoms with Crippen molar-refractivity contribution in [3.8, 4) is 11.5 Å². The largest absolute Gasteiger partial charge is 0.493 e. The maximum atomic E-state index is 13.9. The molecule has 4 aromatic rings. The summed E-state index contributed by atoms with van der Waals surface area (Å²) in [5.41, 5.74) is 1.24. The summed E-state index contributed by atoms with van der Waals surface area (Å²) in [4.78, 5) is 21.1. The first kappa shape index (κ1) is 28.6. The van der Waals surface area contributed by atoms with Crippen LogP contribution in [0.4, 0.5) is 24.5 Å². The van der Waals surface area contributed by atoms with Gasteiger partial charge in [-0.1, -0.05) is 11.8 Å². The molecule has 0 unspecified atom stereocenters. The molecule has 0 spiro atoms. The van der Waals surface area contributed by atoms with Crippen LogP contribution in [0.5, 0.6) is 11.5 Å². The van der Waals surface area contributed by atoms with Gasteiger partial charge < -0.3 is 24.4 Å². The Labute approximate surface area is 239 Å². The van der Waals surface area contributed by atoms with E-state index in [9.17, 15) is 18.0 Å². The Bertz CT molecular complexity index is 1570. The lowest BCUT2D eigenvalue weighted by Gasteiger charge is -2.31. The lowest BCUT2D eigenvalue weighted by Crippen LogP contribution is -2.37. The van der Waals surface area contributed by atoms with Gasteiger partial charge in [0, 0.05) is 51.3 Å². The molecule has 1 aliphatic heterocycles. The maximum absolute atomic E-state index is 13.9. The molecule has 1 N–H and O–H groups in total. The van der Waals surface area contributed by atoms with Gasteiger partial charge in [-0.05, 0) is 61.5 Å². The topological polar surface area (TPSA) is 72.9 Å². The van der Waals surface area contributed by atoms with E-state index >= 15 is 0 Å². The molecule has 11 heteroatoms. The molecule has 214 valence electrons. The van der Waals surface area contributed by atoms with Gasteiger partial charge in [0.1, 0.15) is 0 Å². The van der Waals surface area contributed by atoms with Gasteiger partial charge in [0.15, 0.2) is 11.5 Å². The minimum Gasteiger partial charge on any atom is -0.493 e. The molecule has 1 amide bonds. The molecule has 1 aromatic heterocycles. The molecule has 2 heterocycles. The zero-order valence-electron chi connectivity index (χ0n) is 22.7. The van der Waals surface area contributed by atoms with Crippen molar-refractivity contribution >= 4 is 39.9 Å². The van der Waals surface area contributed by atoms with Crippen LogP contribution in [-0.2, 0) is 10.9 Å². The van der Waals surface area contributed by atoms with Gasteiger partial charge in [-0.3, -0.25) is 9.78 Å². The number of aromatic nitrogens is 1. The summed E-state index contributed by atoms with van der Waals surface area (Å²) < 4.78 is 57.7. The van der Waals surface area contributed by atoms with Crippen LogP contribution in [0.3, 0.4) is 0 Å². The van der Waals surface area contributed by atoms with Gasteiger partial charge in [-0.25, -0.2) is 0 Å². The monoisotopic (exact) mass is 583 g/mol. The quantitative estimate of drug-likeness (QED) is 0.256. The number of carbonyl (C=O) groups is 1. The number of amides is 1. The number of anilines is 2. The number of hydrogen-bond donors (Lipinski definition) is 1. The highest BCUT2D eigenvalue weighted by Crippen LogP contribution is 2.39. The number of nitrogens with zero attached hydrogens (tertiary/aromatic N) is 2. The van der Waals surface area contributed by atoms with Crippen LogP contribution in [0.2, 0.25) is 0 Å². The van der Waals surface area contributed by atoms with Crippen molar-refractivity contribution in [3.63, 3.8) is 0 Å². The molecule has 3 aromatic carbocycles. The maximum Gasteiger partial charge on any atom is 0.418 e. The highest BCUT2D eigenvalue weighted by molar-refractivity contribution is 7.99. The number of morpholine rings is 1. The second-order valence-electron chi connectivity index (χ2n) is 9.38. The Kier molecular flexibility index (Phi) is 8.27. The highest BCUT2D eigenvalue weighted by Gasteiger charge is 2.36. The van der Waals surface area contributed by atoms with E-state index in [2.05, 4.69) is 5.32 Å². The van der Waals surface area contributed by atoms with E-state index in [0.29, 0.717) is 43.5 Å². The number of hydrogen-bond acceptors (Lipinski definition) is 7. The molecule has 7 nitrogen and oxygen atoms in total. The van der Waals surface area contributed by atoms with Crippen molar-refractivity contribution in [1.82, 2.24) is 4.98 Å². The number of nitrogens with one attached hydrogen (secondary N) is 1. The Balaban J connectivity index is 1.31. The zero-order valence-corrected chi connectivity index (χ0v) is 23.5. The number of aryl methyl sites for hydroxylation is 1. The molecule has 0 aliphatic carbocycles. The average Bonchev–Trinajstić information content (AvgIpc) is 2.97. The van der Waals surface area contributed by atoms with E-state index in [1.165, 1.54) is 23.9 Å². The summed E-state index contributed by atoms with van der Waals surface area (Å²) in [5, 5.41) is 3.60. The van der Waals surface area contributed by atoms with Crippen molar-refractivity contribution in [2.75, 3.05) is 50.7 Å². The second kappa shape index (κ2) is 11.9. The minimum absolute atomic E-state index is 0.0507. The zero-order chi connectivity index (χ0) is 29.1. The van der Waals surface area contributed by atoms with Gasteiger partial charge in [0.25, 0.3) is 5.91 Å². The molecular weight excluding hydrogens is 555 g/mol. The molecule has 0 atom stereocenters. The average molecular weight is 584 g/mol. The smallest absolute Gasteiger partial charge is 0.418 e. The van der Waals surface area contributed by atoms with Crippen LogP contribution in [0.15, 0.2) is 70.5 Å². The molecular formula is C30H28F3N3O4S. The van der Waals surface area contributed by atoms with E-state index in [1.807, 2.05) is 37.3 Å². The number of methoxy groups -OCH3 is 2. The molecule has 1 fully saturated rings. The number of rotatable bonds is 7. The number of ether oxygens (including phenoxy) is 3. The van der Waals surface area contributed by atoms with E-state index in [0.717, 1.165) is 32.5 Å². The van der Waals surface area contributed by atoms with Crippen molar-refractivity contribution in [1.29, 1.82) is 0 Å². The lowest BCUT2D eigenvalue weighted by molar-refractivity contribution is -0.137. The summed E-state index contributed by atoms with van der Waals surface area (Å²) in [6.45, 7) is 3.35. The highest BCUT2D eigenvalue weighted by atomic mass is 32.2. The summed E-state index contributed by atoms with van der Waals surface area (Å²) in [7, 11) is 3.16. The van der Waals surface area contributed by atoms with Crippen LogP contribution in [0, 0.1) is 6.92 Å². The minimum atomic E-state index is -4.60. The first-order chi connectivity index (χ1) is 19.7. The first-order valence-corrected chi connectivity index (χ1v) is 13.6. The molecule has 0 saturated carbocycles. The third-order valence-electron chi connectivity index (χ3n) is 6.72. The van der Waals surface area contributed by atoms with Crippen LogP contribution in [0.25, 0.3) is 10.9 Å². The predicted octanol–water partition coefficient (Wildman–Crippen LogP) is 6.82. The van der Waals surface area contributed by atoms with Gasteiger partial charge in [-0.15, -0.1) is 0 Å². The summed E-state index contributed by atoms with van der Waals surface area (Å²) in [5.74, 6) is 0.593. The standard InChI is InChI=1S/C30H28F3N3O4S/c1-18-28(16-20-15-26(38-2)27(39-3)17-24(20)34-18)41-22-7-5-21(6-8-22)35-29(37)19-4-9-25(23(14-19)30(31,32)33)36-10-12-40-13-11-36/h4-9,14-17H,10-13H2,1-3H3,(H,35,37). The van der Waals surface area contributed by atoms with Crippen molar-refractivity contribution in [2.24, 2.45) is 0 Å². The van der Waals surface area contributed by atoms with Crippen molar-refractivity contribution in [2.45, 2.75) is 22.9 Å². The molecule has 0 bridgehead atoms. The van der Waals surface area contributed by atoms with Crippen LogP contribution in [0.1, 0.15) is 21.6 Å². The van der Waals surface area contributed by atoms with Gasteiger partial charge >= 0.3 is 6.18 Å². The number of alkyl halides is 3. The normalized spacial score (nSPS) is 13.8. The Morgan fingerprint density at radius 3 is 2.32 bits per heavy atom. The van der Waals surface area contributed by atoms with Crippen molar-refractivity contribution < 1.29 is 32.2 Å². The number of fused-ring (bicyclic) bond motifs is 1. The summed E-state index contributed by atoms with van der Waals surface area (Å²) in [6, 6.07) is 16.5. The van der Waals surface area contributed by atoms with Crippen LogP contribution >= 0.6 is 11.8 Å². The van der Waals surface area contributed by atoms with Gasteiger partial charge in [0.05, 0.1) is 44.2 Å².